The number of rotatable bonds is 8. The molecule has 1 saturated heterocycles. The van der Waals surface area contributed by atoms with Crippen LogP contribution in [0.25, 0.3) is 0 Å². The first-order valence-electron chi connectivity index (χ1n) is 8.99. The van der Waals surface area contributed by atoms with Gasteiger partial charge in [-0.2, -0.15) is 4.98 Å². The van der Waals surface area contributed by atoms with Gasteiger partial charge in [-0.05, 0) is 51.4 Å². The van der Waals surface area contributed by atoms with Crippen molar-refractivity contribution in [2.24, 2.45) is 0 Å². The van der Waals surface area contributed by atoms with Crippen LogP contribution in [0, 0.1) is 6.92 Å². The average Bonchev–Trinajstić information content (AvgIpc) is 3.11. The number of hydrogen-bond donors (Lipinski definition) is 2. The zero-order valence-corrected chi connectivity index (χ0v) is 15.4. The Kier molecular flexibility index (Phi) is 6.12. The Hall–Kier alpha value is -2.54. The number of aromatic nitrogens is 2. The molecule has 2 heterocycles. The summed E-state index contributed by atoms with van der Waals surface area (Å²) >= 11 is 0. The van der Waals surface area contributed by atoms with Gasteiger partial charge in [-0.1, -0.05) is 0 Å². The van der Waals surface area contributed by atoms with Crippen molar-refractivity contribution in [2.75, 3.05) is 38.7 Å². The summed E-state index contributed by atoms with van der Waals surface area (Å²) in [6.07, 6.45) is 3.60. The summed E-state index contributed by atoms with van der Waals surface area (Å²) in [5.41, 5.74) is 1.49. The normalized spacial score (nSPS) is 14.4. The van der Waals surface area contributed by atoms with Crippen molar-refractivity contribution in [3.8, 4) is 17.5 Å². The fourth-order valence-electron chi connectivity index (χ4n) is 3.11. The molecule has 1 aromatic carbocycles. The van der Waals surface area contributed by atoms with E-state index in [0.29, 0.717) is 29.6 Å². The number of aryl methyl sites for hydroxylation is 1. The number of ether oxygens (including phenoxy) is 2. The molecule has 3 rings (SSSR count). The van der Waals surface area contributed by atoms with Gasteiger partial charge in [-0.3, -0.25) is 0 Å². The first-order chi connectivity index (χ1) is 12.6. The lowest BCUT2D eigenvalue weighted by atomic mass is 10.2. The largest absolute Gasteiger partial charge is 0.493 e. The molecule has 0 radical (unpaired) electrons. The molecule has 7 heteroatoms. The van der Waals surface area contributed by atoms with Gasteiger partial charge in [0.2, 0.25) is 0 Å². The van der Waals surface area contributed by atoms with Gasteiger partial charge in [0.05, 0.1) is 13.7 Å². The topological polar surface area (TPSA) is 79.7 Å². The maximum absolute atomic E-state index is 9.53. The monoisotopic (exact) mass is 358 g/mol. The van der Waals surface area contributed by atoms with E-state index in [1.165, 1.54) is 25.9 Å². The summed E-state index contributed by atoms with van der Waals surface area (Å²) in [5.74, 6) is 1.91. The van der Waals surface area contributed by atoms with Crippen molar-refractivity contribution in [1.29, 1.82) is 0 Å². The van der Waals surface area contributed by atoms with Crippen molar-refractivity contribution in [1.82, 2.24) is 14.9 Å². The second-order valence-corrected chi connectivity index (χ2v) is 6.44. The van der Waals surface area contributed by atoms with E-state index < -0.39 is 0 Å². The summed E-state index contributed by atoms with van der Waals surface area (Å²) in [6.45, 7) is 5.92. The fraction of sp³-hybridized carbons (Fsp3) is 0.474. The maximum atomic E-state index is 9.53. The van der Waals surface area contributed by atoms with E-state index in [1.54, 1.807) is 20.1 Å². The summed E-state index contributed by atoms with van der Waals surface area (Å²) in [4.78, 5) is 10.3. The molecule has 26 heavy (non-hydrogen) atoms. The molecule has 1 aliphatic rings. The molecule has 7 nitrogen and oxygen atoms in total. The summed E-state index contributed by atoms with van der Waals surface area (Å²) in [5, 5.41) is 12.7. The average molecular weight is 358 g/mol. The summed E-state index contributed by atoms with van der Waals surface area (Å²) < 4.78 is 11.3. The first-order valence-corrected chi connectivity index (χ1v) is 8.99. The Bertz CT molecular complexity index is 712. The number of aromatic hydroxyl groups is 1. The number of anilines is 2. The third kappa shape index (κ3) is 4.98. The van der Waals surface area contributed by atoms with Crippen molar-refractivity contribution < 1.29 is 14.6 Å². The minimum absolute atomic E-state index is 0.251. The van der Waals surface area contributed by atoms with Gasteiger partial charge in [0.15, 0.2) is 11.5 Å². The Morgan fingerprint density at radius 1 is 1.15 bits per heavy atom. The molecule has 0 unspecified atom stereocenters. The van der Waals surface area contributed by atoms with E-state index in [4.69, 9.17) is 9.47 Å². The SMILES string of the molecule is COc1ccc(Nc2cc(C)nc(O)n2)cc1OCCCN1CCCC1. The summed E-state index contributed by atoms with van der Waals surface area (Å²) in [7, 11) is 1.63. The number of likely N-dealkylation sites (tertiary alicyclic amines) is 1. The minimum atomic E-state index is -0.251. The van der Waals surface area contributed by atoms with Gasteiger partial charge in [0.1, 0.15) is 5.82 Å². The lowest BCUT2D eigenvalue weighted by Gasteiger charge is -2.16. The van der Waals surface area contributed by atoms with Crippen LogP contribution < -0.4 is 14.8 Å². The molecule has 0 atom stereocenters. The third-order valence-corrected chi connectivity index (χ3v) is 4.35. The Balaban J connectivity index is 1.61. The molecule has 2 aromatic rings. The van der Waals surface area contributed by atoms with Crippen molar-refractivity contribution in [3.05, 3.63) is 30.0 Å². The molecule has 0 saturated carbocycles. The van der Waals surface area contributed by atoms with E-state index in [9.17, 15) is 5.11 Å². The Morgan fingerprint density at radius 3 is 2.69 bits per heavy atom. The standard InChI is InChI=1S/C19H26N4O3/c1-14-12-18(22-19(24)20-14)21-15-6-7-16(25-2)17(13-15)26-11-5-10-23-8-3-4-9-23/h6-7,12-13H,3-5,8-11H2,1-2H3,(H2,20,21,22,24). The van der Waals surface area contributed by atoms with Gasteiger partial charge < -0.3 is 24.8 Å². The number of hydrogen-bond acceptors (Lipinski definition) is 7. The van der Waals surface area contributed by atoms with Crippen LogP contribution in [0.3, 0.4) is 0 Å². The van der Waals surface area contributed by atoms with E-state index in [0.717, 1.165) is 18.7 Å². The van der Waals surface area contributed by atoms with Gasteiger partial charge >= 0.3 is 6.01 Å². The highest BCUT2D eigenvalue weighted by Gasteiger charge is 2.11. The highest BCUT2D eigenvalue weighted by atomic mass is 16.5. The van der Waals surface area contributed by atoms with Crippen LogP contribution in [0.4, 0.5) is 11.5 Å². The number of methoxy groups -OCH3 is 1. The van der Waals surface area contributed by atoms with Crippen LogP contribution >= 0.6 is 0 Å². The van der Waals surface area contributed by atoms with Crippen molar-refractivity contribution in [3.63, 3.8) is 0 Å². The Morgan fingerprint density at radius 2 is 1.96 bits per heavy atom. The molecule has 1 fully saturated rings. The maximum Gasteiger partial charge on any atom is 0.316 e. The van der Waals surface area contributed by atoms with Crippen molar-refractivity contribution in [2.45, 2.75) is 26.2 Å². The lowest BCUT2D eigenvalue weighted by Crippen LogP contribution is -2.21. The van der Waals surface area contributed by atoms with Gasteiger partial charge in [0, 0.05) is 30.1 Å². The predicted molar refractivity (Wildman–Crippen MR) is 100 cm³/mol. The number of benzene rings is 1. The molecule has 0 amide bonds. The Labute approximate surface area is 154 Å². The molecule has 1 aliphatic heterocycles. The van der Waals surface area contributed by atoms with Crippen LogP contribution in [0.2, 0.25) is 0 Å². The number of nitrogens with one attached hydrogen (secondary N) is 1. The highest BCUT2D eigenvalue weighted by Crippen LogP contribution is 2.31. The van der Waals surface area contributed by atoms with Crippen LogP contribution in [0.1, 0.15) is 25.0 Å². The van der Waals surface area contributed by atoms with E-state index in [-0.39, 0.29) is 6.01 Å². The zero-order chi connectivity index (χ0) is 18.4. The number of nitrogens with zero attached hydrogens (tertiary/aromatic N) is 3. The molecule has 2 N–H and O–H groups in total. The highest BCUT2D eigenvalue weighted by molar-refractivity contribution is 5.61. The zero-order valence-electron chi connectivity index (χ0n) is 15.4. The van der Waals surface area contributed by atoms with Gasteiger partial charge in [0.25, 0.3) is 0 Å². The first kappa shape index (κ1) is 18.3. The fourth-order valence-corrected chi connectivity index (χ4v) is 3.11. The van der Waals surface area contributed by atoms with E-state index in [2.05, 4.69) is 20.2 Å². The van der Waals surface area contributed by atoms with Crippen LogP contribution in [0.5, 0.6) is 17.5 Å². The lowest BCUT2D eigenvalue weighted by molar-refractivity contribution is 0.254. The van der Waals surface area contributed by atoms with Crippen LogP contribution in [-0.2, 0) is 0 Å². The molecule has 140 valence electrons. The molecule has 0 spiro atoms. The van der Waals surface area contributed by atoms with Crippen LogP contribution in [-0.4, -0.2) is 53.3 Å². The quantitative estimate of drug-likeness (QED) is 0.702. The second-order valence-electron chi connectivity index (χ2n) is 6.44. The molecule has 0 aliphatic carbocycles. The predicted octanol–water partition coefficient (Wildman–Crippen LogP) is 3.11. The van der Waals surface area contributed by atoms with Crippen molar-refractivity contribution >= 4 is 11.5 Å². The smallest absolute Gasteiger partial charge is 0.316 e. The van der Waals surface area contributed by atoms with Crippen LogP contribution in [0.15, 0.2) is 24.3 Å². The van der Waals surface area contributed by atoms with Gasteiger partial charge in [-0.15, -0.1) is 0 Å². The van der Waals surface area contributed by atoms with E-state index >= 15 is 0 Å². The molecular formula is C19H26N4O3. The molecular weight excluding hydrogens is 332 g/mol. The molecule has 0 bridgehead atoms. The van der Waals surface area contributed by atoms with E-state index in [1.807, 2.05) is 18.2 Å². The summed E-state index contributed by atoms with van der Waals surface area (Å²) in [6, 6.07) is 7.12. The minimum Gasteiger partial charge on any atom is -0.493 e. The third-order valence-electron chi connectivity index (χ3n) is 4.35. The van der Waals surface area contributed by atoms with Gasteiger partial charge in [-0.25, -0.2) is 4.98 Å². The molecule has 1 aromatic heterocycles. The second kappa shape index (κ2) is 8.71.